The van der Waals surface area contributed by atoms with Crippen LogP contribution < -0.4 is 5.32 Å². The minimum atomic E-state index is -1.11. The Morgan fingerprint density at radius 1 is 1.08 bits per heavy atom. The van der Waals surface area contributed by atoms with Crippen molar-refractivity contribution in [1.82, 2.24) is 15.5 Å². The highest BCUT2D eigenvalue weighted by atomic mass is 16.4. The first-order valence-corrected chi connectivity index (χ1v) is 7.95. The van der Waals surface area contributed by atoms with Gasteiger partial charge in [-0.05, 0) is 35.9 Å². The number of carbonyl (C=O) groups excluding carboxylic acids is 1. The molecule has 0 radical (unpaired) electrons. The molecule has 0 fully saturated rings. The molecule has 0 saturated carbocycles. The molecule has 0 saturated heterocycles. The number of carboxylic acid groups (broad SMARTS) is 1. The van der Waals surface area contributed by atoms with Gasteiger partial charge in [0.1, 0.15) is 17.5 Å². The first-order valence-electron chi connectivity index (χ1n) is 7.95. The van der Waals surface area contributed by atoms with E-state index < -0.39 is 17.9 Å². The van der Waals surface area contributed by atoms with Crippen LogP contribution in [0, 0.1) is 0 Å². The average molecular weight is 351 g/mol. The molecule has 3 aromatic rings. The Morgan fingerprint density at radius 2 is 1.77 bits per heavy atom. The van der Waals surface area contributed by atoms with Gasteiger partial charge in [-0.2, -0.15) is 5.10 Å². The SMILES string of the molecule is O=C(N[C@H](Cc1ccccc1)C(=O)O)c1cc(-c2ccc(O)cc2)n[nH]1. The zero-order chi connectivity index (χ0) is 18.5. The number of phenols is 1. The molecule has 1 aromatic heterocycles. The predicted molar refractivity (Wildman–Crippen MR) is 94.7 cm³/mol. The summed E-state index contributed by atoms with van der Waals surface area (Å²) in [6, 6.07) is 15.9. The molecule has 0 unspecified atom stereocenters. The van der Waals surface area contributed by atoms with E-state index in [4.69, 9.17) is 0 Å². The molecule has 2 aromatic carbocycles. The minimum absolute atomic E-state index is 0.132. The van der Waals surface area contributed by atoms with E-state index in [2.05, 4.69) is 15.5 Å². The number of amides is 1. The lowest BCUT2D eigenvalue weighted by molar-refractivity contribution is -0.139. The number of aromatic amines is 1. The lowest BCUT2D eigenvalue weighted by Crippen LogP contribution is -2.42. The number of hydrogen-bond donors (Lipinski definition) is 4. The summed E-state index contributed by atoms with van der Waals surface area (Å²) in [6.07, 6.45) is 0.181. The maximum atomic E-state index is 12.4. The van der Waals surface area contributed by atoms with Gasteiger partial charge in [0, 0.05) is 12.0 Å². The Balaban J connectivity index is 1.72. The first-order chi connectivity index (χ1) is 12.5. The number of hydrogen-bond acceptors (Lipinski definition) is 4. The number of aromatic hydroxyl groups is 1. The van der Waals surface area contributed by atoms with Crippen molar-refractivity contribution < 1.29 is 19.8 Å². The normalized spacial score (nSPS) is 11.7. The lowest BCUT2D eigenvalue weighted by Gasteiger charge is -2.13. The van der Waals surface area contributed by atoms with Crippen molar-refractivity contribution in [2.24, 2.45) is 0 Å². The van der Waals surface area contributed by atoms with E-state index in [0.717, 1.165) is 11.1 Å². The Bertz CT molecular complexity index is 904. The van der Waals surface area contributed by atoms with Crippen molar-refractivity contribution in [2.45, 2.75) is 12.5 Å². The molecule has 7 heteroatoms. The molecule has 0 aliphatic heterocycles. The summed E-state index contributed by atoms with van der Waals surface area (Å²) in [5, 5.41) is 27.9. The number of rotatable bonds is 6. The van der Waals surface area contributed by atoms with Gasteiger partial charge in [-0.1, -0.05) is 30.3 Å². The van der Waals surface area contributed by atoms with E-state index in [1.165, 1.54) is 18.2 Å². The minimum Gasteiger partial charge on any atom is -0.508 e. The van der Waals surface area contributed by atoms with Crippen molar-refractivity contribution >= 4 is 11.9 Å². The maximum absolute atomic E-state index is 12.4. The largest absolute Gasteiger partial charge is 0.508 e. The highest BCUT2D eigenvalue weighted by molar-refractivity contribution is 5.95. The summed E-state index contributed by atoms with van der Waals surface area (Å²) >= 11 is 0. The molecule has 1 heterocycles. The summed E-state index contributed by atoms with van der Waals surface area (Å²) in [5.41, 5.74) is 2.21. The fraction of sp³-hybridized carbons (Fsp3) is 0.105. The number of benzene rings is 2. The third-order valence-corrected chi connectivity index (χ3v) is 3.87. The third kappa shape index (κ3) is 4.07. The Labute approximate surface area is 149 Å². The van der Waals surface area contributed by atoms with Gasteiger partial charge < -0.3 is 15.5 Å². The molecule has 132 valence electrons. The van der Waals surface area contributed by atoms with E-state index in [1.54, 1.807) is 24.3 Å². The molecule has 7 nitrogen and oxygen atoms in total. The number of nitrogens with one attached hydrogen (secondary N) is 2. The van der Waals surface area contributed by atoms with Crippen LogP contribution in [0.15, 0.2) is 60.7 Å². The van der Waals surface area contributed by atoms with E-state index in [1.807, 2.05) is 18.2 Å². The zero-order valence-corrected chi connectivity index (χ0v) is 13.7. The van der Waals surface area contributed by atoms with Crippen LogP contribution in [0.1, 0.15) is 16.1 Å². The number of H-pyrrole nitrogens is 1. The number of phenolic OH excluding ortho intramolecular Hbond substituents is 1. The standard InChI is InChI=1S/C19H17N3O4/c23-14-8-6-13(7-9-14)15-11-16(22-21-15)18(24)20-17(19(25)26)10-12-4-2-1-3-5-12/h1-9,11,17,23H,10H2,(H,20,24)(H,21,22)(H,25,26)/t17-/m1/s1. The number of carboxylic acids is 1. The Hall–Kier alpha value is -3.61. The summed E-state index contributed by atoms with van der Waals surface area (Å²) in [5.74, 6) is -1.53. The fourth-order valence-corrected chi connectivity index (χ4v) is 2.50. The second kappa shape index (κ2) is 7.52. The van der Waals surface area contributed by atoms with E-state index in [0.29, 0.717) is 5.69 Å². The summed E-state index contributed by atoms with van der Waals surface area (Å²) in [4.78, 5) is 23.8. The zero-order valence-electron chi connectivity index (χ0n) is 13.7. The van der Waals surface area contributed by atoms with Crippen molar-refractivity contribution in [2.75, 3.05) is 0 Å². The van der Waals surface area contributed by atoms with Crippen molar-refractivity contribution in [3.05, 3.63) is 71.9 Å². The predicted octanol–water partition coefficient (Wildman–Crippen LogP) is 2.21. The van der Waals surface area contributed by atoms with Crippen LogP contribution in [0.25, 0.3) is 11.3 Å². The molecule has 0 spiro atoms. The summed E-state index contributed by atoms with van der Waals surface area (Å²) in [6.45, 7) is 0. The highest BCUT2D eigenvalue weighted by Gasteiger charge is 2.22. The van der Waals surface area contributed by atoms with Gasteiger partial charge in [0.2, 0.25) is 0 Å². The Morgan fingerprint density at radius 3 is 2.42 bits per heavy atom. The van der Waals surface area contributed by atoms with Crippen LogP contribution in [0.5, 0.6) is 5.75 Å². The first kappa shape index (κ1) is 17.2. The Kier molecular flexibility index (Phi) is 4.98. The summed E-state index contributed by atoms with van der Waals surface area (Å²) < 4.78 is 0. The van der Waals surface area contributed by atoms with Crippen LogP contribution >= 0.6 is 0 Å². The number of aromatic nitrogens is 2. The molecule has 4 N–H and O–H groups in total. The van der Waals surface area contributed by atoms with E-state index in [-0.39, 0.29) is 17.9 Å². The van der Waals surface area contributed by atoms with E-state index in [9.17, 15) is 19.8 Å². The van der Waals surface area contributed by atoms with Crippen LogP contribution in [-0.2, 0) is 11.2 Å². The van der Waals surface area contributed by atoms with Crippen LogP contribution in [-0.4, -0.2) is 38.3 Å². The summed E-state index contributed by atoms with van der Waals surface area (Å²) in [7, 11) is 0. The van der Waals surface area contributed by atoms with Gasteiger partial charge >= 0.3 is 5.97 Å². The monoisotopic (exact) mass is 351 g/mol. The van der Waals surface area contributed by atoms with Crippen molar-refractivity contribution in [3.63, 3.8) is 0 Å². The molecule has 1 atom stereocenters. The van der Waals surface area contributed by atoms with Crippen LogP contribution in [0.3, 0.4) is 0 Å². The second-order valence-corrected chi connectivity index (χ2v) is 5.77. The molecule has 0 bridgehead atoms. The molecule has 26 heavy (non-hydrogen) atoms. The van der Waals surface area contributed by atoms with Gasteiger partial charge in [0.25, 0.3) is 5.91 Å². The van der Waals surface area contributed by atoms with Gasteiger partial charge in [-0.15, -0.1) is 0 Å². The van der Waals surface area contributed by atoms with Crippen molar-refractivity contribution in [1.29, 1.82) is 0 Å². The van der Waals surface area contributed by atoms with E-state index >= 15 is 0 Å². The molecule has 0 aliphatic carbocycles. The van der Waals surface area contributed by atoms with Gasteiger partial charge in [0.15, 0.2) is 0 Å². The lowest BCUT2D eigenvalue weighted by atomic mass is 10.1. The average Bonchev–Trinajstić information content (AvgIpc) is 3.13. The maximum Gasteiger partial charge on any atom is 0.326 e. The molecule has 0 aliphatic rings. The van der Waals surface area contributed by atoms with Gasteiger partial charge in [0.05, 0.1) is 5.69 Å². The van der Waals surface area contributed by atoms with Crippen molar-refractivity contribution in [3.8, 4) is 17.0 Å². The number of aliphatic carboxylic acids is 1. The molecule has 1 amide bonds. The molecule has 3 rings (SSSR count). The molecular formula is C19H17N3O4. The van der Waals surface area contributed by atoms with Gasteiger partial charge in [-0.3, -0.25) is 9.89 Å². The molecular weight excluding hydrogens is 334 g/mol. The topological polar surface area (TPSA) is 115 Å². The second-order valence-electron chi connectivity index (χ2n) is 5.77. The fourth-order valence-electron chi connectivity index (χ4n) is 2.50. The number of carbonyl (C=O) groups is 2. The van der Waals surface area contributed by atoms with Crippen LogP contribution in [0.2, 0.25) is 0 Å². The smallest absolute Gasteiger partial charge is 0.326 e. The third-order valence-electron chi connectivity index (χ3n) is 3.87. The van der Waals surface area contributed by atoms with Crippen LogP contribution in [0.4, 0.5) is 0 Å². The number of nitrogens with zero attached hydrogens (tertiary/aromatic N) is 1. The quantitative estimate of drug-likeness (QED) is 0.543. The van der Waals surface area contributed by atoms with Gasteiger partial charge in [-0.25, -0.2) is 4.79 Å². The highest BCUT2D eigenvalue weighted by Crippen LogP contribution is 2.20.